The number of halogens is 2. The molecule has 0 saturated carbocycles. The van der Waals surface area contributed by atoms with Crippen LogP contribution < -0.4 is 5.32 Å². The van der Waals surface area contributed by atoms with Gasteiger partial charge in [0.1, 0.15) is 11.6 Å². The summed E-state index contributed by atoms with van der Waals surface area (Å²) >= 11 is 0. The molecule has 2 aromatic rings. The van der Waals surface area contributed by atoms with Crippen molar-refractivity contribution < 1.29 is 8.78 Å². The van der Waals surface area contributed by atoms with Gasteiger partial charge in [-0.2, -0.15) is 5.26 Å². The standard InChI is InChI=1S/C16H14F2N2/c1-11(15-4-2-3-5-16(15)18)20-10-13-6-12(9-19)7-14(17)8-13/h2-8,11,20H,10H2,1H3/t11-/m1/s1. The van der Waals surface area contributed by atoms with Gasteiger partial charge in [0.05, 0.1) is 11.6 Å². The fraction of sp³-hybridized carbons (Fsp3) is 0.188. The monoisotopic (exact) mass is 272 g/mol. The van der Waals surface area contributed by atoms with Crippen LogP contribution in [0.4, 0.5) is 8.78 Å². The molecule has 2 rings (SSSR count). The summed E-state index contributed by atoms with van der Waals surface area (Å²) in [6.07, 6.45) is 0. The van der Waals surface area contributed by atoms with Crippen LogP contribution >= 0.6 is 0 Å². The molecule has 102 valence electrons. The maximum Gasteiger partial charge on any atom is 0.127 e. The van der Waals surface area contributed by atoms with Gasteiger partial charge in [-0.1, -0.05) is 18.2 Å². The minimum atomic E-state index is -0.445. The lowest BCUT2D eigenvalue weighted by Gasteiger charge is -2.15. The second-order valence-electron chi connectivity index (χ2n) is 4.58. The molecule has 1 N–H and O–H groups in total. The zero-order chi connectivity index (χ0) is 14.5. The van der Waals surface area contributed by atoms with Crippen LogP contribution in [0.2, 0.25) is 0 Å². The molecule has 0 aliphatic carbocycles. The average molecular weight is 272 g/mol. The predicted octanol–water partition coefficient (Wildman–Crippen LogP) is 3.69. The Morgan fingerprint density at radius 3 is 2.65 bits per heavy atom. The van der Waals surface area contributed by atoms with E-state index in [1.165, 1.54) is 18.2 Å². The van der Waals surface area contributed by atoms with Gasteiger partial charge in [0, 0.05) is 18.2 Å². The Hall–Kier alpha value is -2.25. The Morgan fingerprint density at radius 2 is 1.95 bits per heavy atom. The maximum atomic E-state index is 13.6. The number of nitriles is 1. The molecule has 0 spiro atoms. The SMILES string of the molecule is C[C@@H](NCc1cc(F)cc(C#N)c1)c1ccccc1F. The molecule has 1 atom stereocenters. The zero-order valence-corrected chi connectivity index (χ0v) is 11.0. The Kier molecular flexibility index (Phi) is 4.44. The summed E-state index contributed by atoms with van der Waals surface area (Å²) in [4.78, 5) is 0. The second kappa shape index (κ2) is 6.27. The average Bonchev–Trinajstić information content (AvgIpc) is 2.44. The molecule has 0 heterocycles. The number of hydrogen-bond acceptors (Lipinski definition) is 2. The van der Waals surface area contributed by atoms with Crippen molar-refractivity contribution in [3.63, 3.8) is 0 Å². The maximum absolute atomic E-state index is 13.6. The van der Waals surface area contributed by atoms with E-state index in [1.807, 2.05) is 13.0 Å². The van der Waals surface area contributed by atoms with Gasteiger partial charge < -0.3 is 5.32 Å². The first kappa shape index (κ1) is 14.2. The molecular formula is C16H14F2N2. The van der Waals surface area contributed by atoms with Gasteiger partial charge in [0.15, 0.2) is 0 Å². The summed E-state index contributed by atoms with van der Waals surface area (Å²) < 4.78 is 26.9. The number of nitrogens with zero attached hydrogens (tertiary/aromatic N) is 1. The van der Waals surface area contributed by atoms with Crippen molar-refractivity contribution in [1.82, 2.24) is 5.32 Å². The van der Waals surface area contributed by atoms with Crippen LogP contribution in [-0.2, 0) is 6.54 Å². The third-order valence-electron chi connectivity index (χ3n) is 3.07. The summed E-state index contributed by atoms with van der Waals surface area (Å²) in [6.45, 7) is 2.20. The van der Waals surface area contributed by atoms with Crippen LogP contribution in [0.3, 0.4) is 0 Å². The molecule has 0 aromatic heterocycles. The number of hydrogen-bond donors (Lipinski definition) is 1. The molecule has 0 fully saturated rings. The highest BCUT2D eigenvalue weighted by Crippen LogP contribution is 2.17. The van der Waals surface area contributed by atoms with E-state index in [4.69, 9.17) is 5.26 Å². The van der Waals surface area contributed by atoms with Crippen LogP contribution in [0.1, 0.15) is 29.7 Å². The topological polar surface area (TPSA) is 35.8 Å². The molecule has 0 aliphatic rings. The van der Waals surface area contributed by atoms with E-state index in [9.17, 15) is 8.78 Å². The molecule has 20 heavy (non-hydrogen) atoms. The van der Waals surface area contributed by atoms with E-state index in [1.54, 1.807) is 24.3 Å². The minimum Gasteiger partial charge on any atom is -0.306 e. The Labute approximate surface area is 116 Å². The summed E-state index contributed by atoms with van der Waals surface area (Å²) in [7, 11) is 0. The normalized spacial score (nSPS) is 11.9. The summed E-state index contributed by atoms with van der Waals surface area (Å²) in [6, 6.07) is 12.4. The van der Waals surface area contributed by atoms with E-state index in [-0.39, 0.29) is 17.4 Å². The first-order valence-corrected chi connectivity index (χ1v) is 6.27. The van der Waals surface area contributed by atoms with Crippen molar-refractivity contribution in [3.8, 4) is 6.07 Å². The highest BCUT2D eigenvalue weighted by atomic mass is 19.1. The largest absolute Gasteiger partial charge is 0.306 e. The second-order valence-corrected chi connectivity index (χ2v) is 4.58. The van der Waals surface area contributed by atoms with Crippen LogP contribution in [-0.4, -0.2) is 0 Å². The van der Waals surface area contributed by atoms with Crippen molar-refractivity contribution >= 4 is 0 Å². The van der Waals surface area contributed by atoms with Crippen LogP contribution in [0.15, 0.2) is 42.5 Å². The lowest BCUT2D eigenvalue weighted by atomic mass is 10.1. The molecule has 0 unspecified atom stereocenters. The molecule has 0 aliphatic heterocycles. The number of rotatable bonds is 4. The Morgan fingerprint density at radius 1 is 1.20 bits per heavy atom. The molecule has 2 nitrogen and oxygen atoms in total. The molecular weight excluding hydrogens is 258 g/mol. The van der Waals surface area contributed by atoms with Gasteiger partial charge in [-0.3, -0.25) is 0 Å². The minimum absolute atomic E-state index is 0.204. The van der Waals surface area contributed by atoms with Crippen molar-refractivity contribution in [2.75, 3.05) is 0 Å². The predicted molar refractivity (Wildman–Crippen MR) is 72.8 cm³/mol. The zero-order valence-electron chi connectivity index (χ0n) is 11.0. The first-order valence-electron chi connectivity index (χ1n) is 6.27. The van der Waals surface area contributed by atoms with Crippen LogP contribution in [0.5, 0.6) is 0 Å². The van der Waals surface area contributed by atoms with Crippen LogP contribution in [0, 0.1) is 23.0 Å². The Balaban J connectivity index is 2.08. The van der Waals surface area contributed by atoms with E-state index in [0.29, 0.717) is 17.7 Å². The number of benzene rings is 2. The Bertz CT molecular complexity index is 647. The fourth-order valence-corrected chi connectivity index (χ4v) is 2.02. The number of nitrogens with one attached hydrogen (secondary N) is 1. The van der Waals surface area contributed by atoms with Gasteiger partial charge in [0.25, 0.3) is 0 Å². The van der Waals surface area contributed by atoms with E-state index in [0.717, 1.165) is 0 Å². The van der Waals surface area contributed by atoms with Crippen molar-refractivity contribution in [2.45, 2.75) is 19.5 Å². The summed E-state index contributed by atoms with van der Waals surface area (Å²) in [5.41, 5.74) is 1.49. The quantitative estimate of drug-likeness (QED) is 0.921. The fourth-order valence-electron chi connectivity index (χ4n) is 2.02. The first-order chi connectivity index (χ1) is 9.60. The van der Waals surface area contributed by atoms with Gasteiger partial charge in [-0.25, -0.2) is 8.78 Å². The smallest absolute Gasteiger partial charge is 0.127 e. The van der Waals surface area contributed by atoms with Crippen molar-refractivity contribution in [3.05, 3.63) is 70.8 Å². The van der Waals surface area contributed by atoms with Crippen molar-refractivity contribution in [1.29, 1.82) is 5.26 Å². The van der Waals surface area contributed by atoms with Crippen molar-refractivity contribution in [2.24, 2.45) is 0 Å². The molecule has 4 heteroatoms. The highest BCUT2D eigenvalue weighted by Gasteiger charge is 2.10. The van der Waals surface area contributed by atoms with Gasteiger partial charge in [0.2, 0.25) is 0 Å². The van der Waals surface area contributed by atoms with E-state index < -0.39 is 5.82 Å². The molecule has 0 saturated heterocycles. The van der Waals surface area contributed by atoms with E-state index in [2.05, 4.69) is 5.32 Å². The van der Waals surface area contributed by atoms with Crippen LogP contribution in [0.25, 0.3) is 0 Å². The van der Waals surface area contributed by atoms with Gasteiger partial charge in [-0.05, 0) is 36.8 Å². The highest BCUT2D eigenvalue weighted by molar-refractivity contribution is 5.33. The third kappa shape index (κ3) is 3.40. The van der Waals surface area contributed by atoms with E-state index >= 15 is 0 Å². The summed E-state index contributed by atoms with van der Waals surface area (Å²) in [5.74, 6) is -0.719. The lowest BCUT2D eigenvalue weighted by Crippen LogP contribution is -2.19. The molecule has 0 bridgehead atoms. The lowest BCUT2D eigenvalue weighted by molar-refractivity contribution is 0.526. The van der Waals surface area contributed by atoms with Gasteiger partial charge >= 0.3 is 0 Å². The molecule has 2 aromatic carbocycles. The third-order valence-corrected chi connectivity index (χ3v) is 3.07. The molecule has 0 radical (unpaired) electrons. The van der Waals surface area contributed by atoms with Gasteiger partial charge in [-0.15, -0.1) is 0 Å². The summed E-state index contributed by atoms with van der Waals surface area (Å²) in [5, 5.41) is 11.9. The molecule has 0 amide bonds.